The average molecular weight is 316 g/mol. The number of hydrogen-bond donors (Lipinski definition) is 1. The molecule has 0 unspecified atom stereocenters. The lowest BCUT2D eigenvalue weighted by Gasteiger charge is -2.12. The molecule has 0 aliphatic carbocycles. The maximum Gasteiger partial charge on any atom is 0.573 e. The van der Waals surface area contributed by atoms with Crippen molar-refractivity contribution in [2.75, 3.05) is 6.54 Å². The molecule has 0 spiro atoms. The van der Waals surface area contributed by atoms with Crippen molar-refractivity contribution in [2.45, 2.75) is 12.8 Å². The fourth-order valence-corrected chi connectivity index (χ4v) is 2.34. The van der Waals surface area contributed by atoms with E-state index in [2.05, 4.69) is 4.74 Å². The highest BCUT2D eigenvalue weighted by molar-refractivity contribution is 6.34. The van der Waals surface area contributed by atoms with Gasteiger partial charge in [0.2, 0.25) is 0 Å². The maximum atomic E-state index is 12.3. The molecular formula is C15H13ClF3NO. The molecule has 0 radical (unpaired) electrons. The van der Waals surface area contributed by atoms with Crippen LogP contribution in [0.4, 0.5) is 13.2 Å². The summed E-state index contributed by atoms with van der Waals surface area (Å²) in [6, 6.07) is 11.1. The Labute approximate surface area is 125 Å². The Morgan fingerprint density at radius 1 is 1.10 bits per heavy atom. The Morgan fingerprint density at radius 2 is 1.81 bits per heavy atom. The molecule has 0 bridgehead atoms. The molecular weight excluding hydrogens is 303 g/mol. The molecule has 6 heteroatoms. The highest BCUT2D eigenvalue weighted by Crippen LogP contribution is 2.33. The van der Waals surface area contributed by atoms with E-state index in [1.165, 1.54) is 18.2 Å². The first kappa shape index (κ1) is 15.7. The zero-order valence-electron chi connectivity index (χ0n) is 11.0. The summed E-state index contributed by atoms with van der Waals surface area (Å²) in [6.45, 7) is 0.445. The molecule has 2 aromatic carbocycles. The zero-order chi connectivity index (χ0) is 15.5. The third kappa shape index (κ3) is 4.12. The number of benzene rings is 2. The smallest absolute Gasteiger partial charge is 0.406 e. The largest absolute Gasteiger partial charge is 0.573 e. The highest BCUT2D eigenvalue weighted by Gasteiger charge is 2.31. The van der Waals surface area contributed by atoms with Gasteiger partial charge in [-0.3, -0.25) is 0 Å². The van der Waals surface area contributed by atoms with E-state index in [-0.39, 0.29) is 5.75 Å². The van der Waals surface area contributed by atoms with Crippen LogP contribution in [-0.2, 0) is 6.42 Å². The molecule has 2 N–H and O–H groups in total. The van der Waals surface area contributed by atoms with Gasteiger partial charge in [-0.2, -0.15) is 0 Å². The van der Waals surface area contributed by atoms with Crippen LogP contribution in [0.15, 0.2) is 42.5 Å². The van der Waals surface area contributed by atoms with Crippen LogP contribution in [0.1, 0.15) is 5.56 Å². The van der Waals surface area contributed by atoms with Crippen LogP contribution in [0.2, 0.25) is 5.02 Å². The lowest BCUT2D eigenvalue weighted by atomic mass is 10.0. The second-order valence-corrected chi connectivity index (χ2v) is 4.77. The van der Waals surface area contributed by atoms with Crippen molar-refractivity contribution in [1.29, 1.82) is 0 Å². The zero-order valence-corrected chi connectivity index (χ0v) is 11.7. The highest BCUT2D eigenvalue weighted by atomic mass is 35.5. The maximum absolute atomic E-state index is 12.3. The monoisotopic (exact) mass is 315 g/mol. The van der Waals surface area contributed by atoms with Crippen LogP contribution in [0, 0.1) is 0 Å². The van der Waals surface area contributed by atoms with Crippen LogP contribution >= 0.6 is 11.6 Å². The molecule has 21 heavy (non-hydrogen) atoms. The molecule has 112 valence electrons. The van der Waals surface area contributed by atoms with E-state index >= 15 is 0 Å². The second-order valence-electron chi connectivity index (χ2n) is 4.39. The Balaban J connectivity index is 2.38. The van der Waals surface area contributed by atoms with Crippen molar-refractivity contribution in [3.63, 3.8) is 0 Å². The topological polar surface area (TPSA) is 35.2 Å². The predicted molar refractivity (Wildman–Crippen MR) is 76.3 cm³/mol. The summed E-state index contributed by atoms with van der Waals surface area (Å²) in [7, 11) is 0. The number of halogens is 4. The van der Waals surface area contributed by atoms with Gasteiger partial charge < -0.3 is 10.5 Å². The molecule has 2 aromatic rings. The number of rotatable bonds is 4. The number of ether oxygens (including phenoxy) is 1. The molecule has 0 aromatic heterocycles. The predicted octanol–water partition coefficient (Wildman–Crippen LogP) is 4.41. The normalized spacial score (nSPS) is 11.5. The van der Waals surface area contributed by atoms with Crippen molar-refractivity contribution >= 4 is 11.6 Å². The van der Waals surface area contributed by atoms with E-state index in [9.17, 15) is 13.2 Å². The van der Waals surface area contributed by atoms with Gasteiger partial charge in [-0.15, -0.1) is 13.2 Å². The summed E-state index contributed by atoms with van der Waals surface area (Å²) < 4.78 is 40.7. The van der Waals surface area contributed by atoms with E-state index in [0.717, 1.165) is 5.56 Å². The first-order valence-electron chi connectivity index (χ1n) is 6.24. The van der Waals surface area contributed by atoms with Crippen molar-refractivity contribution in [3.05, 3.63) is 53.1 Å². The molecule has 0 amide bonds. The lowest BCUT2D eigenvalue weighted by molar-refractivity contribution is -0.274. The quantitative estimate of drug-likeness (QED) is 0.907. The third-order valence-corrected chi connectivity index (χ3v) is 3.32. The minimum atomic E-state index is -4.72. The minimum Gasteiger partial charge on any atom is -0.406 e. The second kappa shape index (κ2) is 6.37. The van der Waals surface area contributed by atoms with Crippen LogP contribution in [0.3, 0.4) is 0 Å². The SMILES string of the molecule is NCCc1cccc(-c2cccc(OC(F)(F)F)c2)c1Cl. The molecule has 0 saturated heterocycles. The Kier molecular flexibility index (Phi) is 4.75. The van der Waals surface area contributed by atoms with Gasteiger partial charge in [0.15, 0.2) is 0 Å². The summed E-state index contributed by atoms with van der Waals surface area (Å²) in [5, 5.41) is 0.493. The van der Waals surface area contributed by atoms with Crippen LogP contribution in [0.5, 0.6) is 5.75 Å². The van der Waals surface area contributed by atoms with Gasteiger partial charge >= 0.3 is 6.36 Å². The van der Waals surface area contributed by atoms with Crippen molar-refractivity contribution in [2.24, 2.45) is 5.73 Å². The van der Waals surface area contributed by atoms with Crippen LogP contribution < -0.4 is 10.5 Å². The van der Waals surface area contributed by atoms with E-state index in [1.807, 2.05) is 6.07 Å². The Bertz CT molecular complexity index is 629. The Morgan fingerprint density at radius 3 is 2.48 bits per heavy atom. The molecule has 2 rings (SSSR count). The van der Waals surface area contributed by atoms with Crippen molar-refractivity contribution < 1.29 is 17.9 Å². The van der Waals surface area contributed by atoms with E-state index in [0.29, 0.717) is 29.1 Å². The van der Waals surface area contributed by atoms with E-state index < -0.39 is 6.36 Å². The van der Waals surface area contributed by atoms with E-state index in [4.69, 9.17) is 17.3 Å². The van der Waals surface area contributed by atoms with Gasteiger partial charge in [0.25, 0.3) is 0 Å². The summed E-state index contributed by atoms with van der Waals surface area (Å²) in [5.41, 5.74) is 7.57. The summed E-state index contributed by atoms with van der Waals surface area (Å²) in [5.74, 6) is -0.278. The minimum absolute atomic E-state index is 0.278. The van der Waals surface area contributed by atoms with Gasteiger partial charge in [0, 0.05) is 5.56 Å². The van der Waals surface area contributed by atoms with Gasteiger partial charge in [0.1, 0.15) is 5.75 Å². The van der Waals surface area contributed by atoms with Crippen molar-refractivity contribution in [1.82, 2.24) is 0 Å². The summed E-state index contributed by atoms with van der Waals surface area (Å²) in [6.07, 6.45) is -4.12. The van der Waals surface area contributed by atoms with Gasteiger partial charge in [-0.1, -0.05) is 41.9 Å². The lowest BCUT2D eigenvalue weighted by Crippen LogP contribution is -2.17. The fourth-order valence-electron chi connectivity index (χ4n) is 2.01. The number of nitrogens with two attached hydrogens (primary N) is 1. The van der Waals surface area contributed by atoms with Crippen LogP contribution in [-0.4, -0.2) is 12.9 Å². The third-order valence-electron chi connectivity index (χ3n) is 2.87. The molecule has 0 aliphatic rings. The fraction of sp³-hybridized carbons (Fsp3) is 0.200. The molecule has 0 heterocycles. The Hall–Kier alpha value is -1.72. The van der Waals surface area contributed by atoms with Crippen LogP contribution in [0.25, 0.3) is 11.1 Å². The molecule has 0 fully saturated rings. The standard InChI is InChI=1S/C15H13ClF3NO/c16-14-10(7-8-20)3-2-6-13(14)11-4-1-5-12(9-11)21-15(17,18)19/h1-6,9H,7-8,20H2. The van der Waals surface area contributed by atoms with Gasteiger partial charge in [0.05, 0.1) is 5.02 Å². The first-order valence-corrected chi connectivity index (χ1v) is 6.62. The summed E-state index contributed by atoms with van der Waals surface area (Å²) in [4.78, 5) is 0. The number of hydrogen-bond acceptors (Lipinski definition) is 2. The molecule has 0 saturated carbocycles. The average Bonchev–Trinajstić information content (AvgIpc) is 2.40. The van der Waals surface area contributed by atoms with Gasteiger partial charge in [-0.05, 0) is 36.2 Å². The molecule has 2 nitrogen and oxygen atoms in total. The molecule has 0 aliphatic heterocycles. The van der Waals surface area contributed by atoms with E-state index in [1.54, 1.807) is 18.2 Å². The summed E-state index contributed by atoms with van der Waals surface area (Å²) >= 11 is 6.29. The van der Waals surface area contributed by atoms with Gasteiger partial charge in [-0.25, -0.2) is 0 Å². The van der Waals surface area contributed by atoms with Crippen molar-refractivity contribution in [3.8, 4) is 16.9 Å². The first-order chi connectivity index (χ1) is 9.90. The number of alkyl halides is 3. The molecule has 0 atom stereocenters.